The first kappa shape index (κ1) is 21.0. The lowest BCUT2D eigenvalue weighted by atomic mass is 9.81. The standard InChI is InChI=1S/C22H31N7O3/c1-28(17-9-15-4-3-5-16(10-17)29(15)21(31)13-6-7-13)22-24-18(11-20(25-22)32-2)23-19-8-14(12-30)26-27-19/h8,11,13,15-17,30H,3-7,9-10,12H2,1-2H3,(H2,23,24,25,26,27)/t15-,16+,17?. The van der Waals surface area contributed by atoms with Crippen molar-refractivity contribution in [2.75, 3.05) is 24.4 Å². The molecule has 2 saturated heterocycles. The number of anilines is 3. The fourth-order valence-corrected chi connectivity index (χ4v) is 5.11. The highest BCUT2D eigenvalue weighted by Gasteiger charge is 2.46. The Bertz CT molecular complexity index is 962. The molecule has 1 unspecified atom stereocenters. The van der Waals surface area contributed by atoms with Crippen molar-refractivity contribution in [2.24, 2.45) is 5.92 Å². The molecule has 3 fully saturated rings. The highest BCUT2D eigenvalue weighted by molar-refractivity contribution is 5.82. The smallest absolute Gasteiger partial charge is 0.230 e. The van der Waals surface area contributed by atoms with Gasteiger partial charge in [0.05, 0.1) is 19.4 Å². The maximum atomic E-state index is 12.9. The summed E-state index contributed by atoms with van der Waals surface area (Å²) in [7, 11) is 3.61. The van der Waals surface area contributed by atoms with Gasteiger partial charge in [-0.05, 0) is 44.9 Å². The highest BCUT2D eigenvalue weighted by atomic mass is 16.5. The summed E-state index contributed by atoms with van der Waals surface area (Å²) in [6, 6.07) is 4.33. The van der Waals surface area contributed by atoms with Gasteiger partial charge < -0.3 is 25.0 Å². The second kappa shape index (κ2) is 8.57. The molecule has 0 radical (unpaired) electrons. The van der Waals surface area contributed by atoms with Gasteiger partial charge in [0.15, 0.2) is 5.82 Å². The molecule has 10 nitrogen and oxygen atoms in total. The summed E-state index contributed by atoms with van der Waals surface area (Å²) in [6.07, 6.45) is 7.35. The number of fused-ring (bicyclic) bond motifs is 2. The Morgan fingerprint density at radius 3 is 2.59 bits per heavy atom. The van der Waals surface area contributed by atoms with Gasteiger partial charge >= 0.3 is 0 Å². The number of H-pyrrole nitrogens is 1. The van der Waals surface area contributed by atoms with Gasteiger partial charge in [-0.15, -0.1) is 0 Å². The number of nitrogens with zero attached hydrogens (tertiary/aromatic N) is 5. The predicted octanol–water partition coefficient (Wildman–Crippen LogP) is 2.20. The van der Waals surface area contributed by atoms with E-state index in [4.69, 9.17) is 9.72 Å². The van der Waals surface area contributed by atoms with Crippen LogP contribution in [0.2, 0.25) is 0 Å². The fraction of sp³-hybridized carbons (Fsp3) is 0.636. The van der Waals surface area contributed by atoms with Crippen LogP contribution in [-0.4, -0.2) is 68.4 Å². The molecule has 4 heterocycles. The first-order valence-electron chi connectivity index (χ1n) is 11.5. The van der Waals surface area contributed by atoms with Crippen molar-refractivity contribution >= 4 is 23.5 Å². The zero-order chi connectivity index (χ0) is 22.2. The molecule has 3 N–H and O–H groups in total. The van der Waals surface area contributed by atoms with Crippen molar-refractivity contribution in [3.8, 4) is 5.88 Å². The fourth-order valence-electron chi connectivity index (χ4n) is 5.11. The number of hydrogen-bond donors (Lipinski definition) is 3. The second-order valence-electron chi connectivity index (χ2n) is 9.15. The van der Waals surface area contributed by atoms with E-state index in [2.05, 4.69) is 30.3 Å². The Morgan fingerprint density at radius 1 is 1.22 bits per heavy atom. The SMILES string of the molecule is COc1cc(Nc2cc(CO)[nH]n2)nc(N(C)C2C[C@H]3CCC[C@@H](C2)N3C(=O)C2CC2)n1. The largest absolute Gasteiger partial charge is 0.481 e. The Morgan fingerprint density at radius 2 is 1.97 bits per heavy atom. The average Bonchev–Trinajstić information content (AvgIpc) is 3.56. The summed E-state index contributed by atoms with van der Waals surface area (Å²) in [5.41, 5.74) is 0.616. The first-order chi connectivity index (χ1) is 15.6. The molecule has 1 amide bonds. The molecular formula is C22H31N7O3. The van der Waals surface area contributed by atoms with Gasteiger partial charge in [0.1, 0.15) is 5.82 Å². The number of nitrogens with one attached hydrogen (secondary N) is 2. The lowest BCUT2D eigenvalue weighted by Crippen LogP contribution is -2.59. The van der Waals surface area contributed by atoms with Crippen LogP contribution in [0.4, 0.5) is 17.6 Å². The van der Waals surface area contributed by atoms with Gasteiger partial charge in [-0.1, -0.05) is 0 Å². The number of methoxy groups -OCH3 is 1. The summed E-state index contributed by atoms with van der Waals surface area (Å²) in [6.45, 7) is -0.111. The average molecular weight is 442 g/mol. The lowest BCUT2D eigenvalue weighted by Gasteiger charge is -2.50. The number of rotatable bonds is 7. The minimum absolute atomic E-state index is 0.111. The normalized spacial score (nSPS) is 24.8. The Hall–Kier alpha value is -2.88. The van der Waals surface area contributed by atoms with E-state index in [1.165, 1.54) is 6.42 Å². The molecule has 5 rings (SSSR count). The number of ether oxygens (including phenoxy) is 1. The van der Waals surface area contributed by atoms with E-state index in [0.29, 0.717) is 47.1 Å². The molecule has 2 aromatic heterocycles. The summed E-state index contributed by atoms with van der Waals surface area (Å²) in [4.78, 5) is 26.5. The molecule has 0 aromatic carbocycles. The third-order valence-corrected chi connectivity index (χ3v) is 6.95. The number of piperidine rings is 2. The van der Waals surface area contributed by atoms with Crippen LogP contribution in [0.3, 0.4) is 0 Å². The molecule has 3 atom stereocenters. The monoisotopic (exact) mass is 441 g/mol. The van der Waals surface area contributed by atoms with Crippen molar-refractivity contribution in [3.05, 3.63) is 17.8 Å². The summed E-state index contributed by atoms with van der Waals surface area (Å²) in [5.74, 6) is 2.82. The minimum Gasteiger partial charge on any atom is -0.481 e. The van der Waals surface area contributed by atoms with Crippen LogP contribution in [0.1, 0.15) is 50.6 Å². The van der Waals surface area contributed by atoms with Gasteiger partial charge in [0.25, 0.3) is 0 Å². The molecule has 0 spiro atoms. The van der Waals surface area contributed by atoms with Gasteiger partial charge in [-0.3, -0.25) is 9.89 Å². The number of aliphatic hydroxyl groups is 1. The van der Waals surface area contributed by atoms with E-state index in [1.807, 2.05) is 7.05 Å². The topological polar surface area (TPSA) is 119 Å². The van der Waals surface area contributed by atoms with Crippen LogP contribution in [-0.2, 0) is 11.4 Å². The molecule has 2 bridgehead atoms. The number of amides is 1. The number of aromatic nitrogens is 4. The van der Waals surface area contributed by atoms with Gasteiger partial charge in [-0.25, -0.2) is 0 Å². The number of aromatic amines is 1. The van der Waals surface area contributed by atoms with E-state index in [1.54, 1.807) is 19.2 Å². The Kier molecular flexibility index (Phi) is 5.62. The minimum atomic E-state index is -0.111. The van der Waals surface area contributed by atoms with Crippen LogP contribution >= 0.6 is 0 Å². The predicted molar refractivity (Wildman–Crippen MR) is 119 cm³/mol. The van der Waals surface area contributed by atoms with E-state index in [9.17, 15) is 9.90 Å². The van der Waals surface area contributed by atoms with Crippen LogP contribution < -0.4 is 15.0 Å². The van der Waals surface area contributed by atoms with Gasteiger partial charge in [-0.2, -0.15) is 15.1 Å². The summed E-state index contributed by atoms with van der Waals surface area (Å²) < 4.78 is 5.41. The van der Waals surface area contributed by atoms with E-state index >= 15 is 0 Å². The Balaban J connectivity index is 1.34. The maximum absolute atomic E-state index is 12.9. The zero-order valence-corrected chi connectivity index (χ0v) is 18.6. The molecule has 3 aliphatic rings. The van der Waals surface area contributed by atoms with Crippen LogP contribution in [0.5, 0.6) is 5.88 Å². The Labute approximate surface area is 187 Å². The van der Waals surface area contributed by atoms with E-state index < -0.39 is 0 Å². The molecular weight excluding hydrogens is 410 g/mol. The maximum Gasteiger partial charge on any atom is 0.230 e. The first-order valence-corrected chi connectivity index (χ1v) is 11.5. The van der Waals surface area contributed by atoms with Crippen molar-refractivity contribution in [1.29, 1.82) is 0 Å². The number of carbonyl (C=O) groups excluding carboxylic acids is 1. The van der Waals surface area contributed by atoms with Gasteiger partial charge in [0.2, 0.25) is 17.7 Å². The molecule has 32 heavy (non-hydrogen) atoms. The van der Waals surface area contributed by atoms with Crippen molar-refractivity contribution in [1.82, 2.24) is 25.1 Å². The lowest BCUT2D eigenvalue weighted by molar-refractivity contribution is -0.142. The van der Waals surface area contributed by atoms with Crippen LogP contribution in [0.15, 0.2) is 12.1 Å². The molecule has 172 valence electrons. The second-order valence-corrected chi connectivity index (χ2v) is 9.15. The van der Waals surface area contributed by atoms with Crippen LogP contribution in [0, 0.1) is 5.92 Å². The molecule has 2 aliphatic heterocycles. The van der Waals surface area contributed by atoms with Crippen molar-refractivity contribution in [3.63, 3.8) is 0 Å². The van der Waals surface area contributed by atoms with Gasteiger partial charge in [0, 0.05) is 43.2 Å². The number of aliphatic hydroxyl groups excluding tert-OH is 1. The number of carbonyl (C=O) groups is 1. The third-order valence-electron chi connectivity index (χ3n) is 6.95. The summed E-state index contributed by atoms with van der Waals surface area (Å²) in [5, 5.41) is 19.3. The third kappa shape index (κ3) is 4.11. The molecule has 1 aliphatic carbocycles. The molecule has 10 heteroatoms. The summed E-state index contributed by atoms with van der Waals surface area (Å²) >= 11 is 0. The molecule has 1 saturated carbocycles. The van der Waals surface area contributed by atoms with E-state index in [-0.39, 0.29) is 18.6 Å². The quantitative estimate of drug-likeness (QED) is 0.598. The van der Waals surface area contributed by atoms with Crippen LogP contribution in [0.25, 0.3) is 0 Å². The highest BCUT2D eigenvalue weighted by Crippen LogP contribution is 2.41. The van der Waals surface area contributed by atoms with Crippen molar-refractivity contribution in [2.45, 2.75) is 69.7 Å². The van der Waals surface area contributed by atoms with Crippen molar-refractivity contribution < 1.29 is 14.6 Å². The zero-order valence-electron chi connectivity index (χ0n) is 18.6. The van der Waals surface area contributed by atoms with E-state index in [0.717, 1.165) is 38.5 Å². The number of hydrogen-bond acceptors (Lipinski definition) is 8. The molecule has 2 aromatic rings.